The summed E-state index contributed by atoms with van der Waals surface area (Å²) >= 11 is 0. The van der Waals surface area contributed by atoms with Crippen molar-refractivity contribution >= 4 is 11.8 Å². The van der Waals surface area contributed by atoms with Gasteiger partial charge in [-0.25, -0.2) is 4.39 Å². The first-order valence-corrected chi connectivity index (χ1v) is 10.2. The van der Waals surface area contributed by atoms with Gasteiger partial charge in [0, 0.05) is 19.7 Å². The minimum Gasteiger partial charge on any atom is -0.356 e. The average molecular weight is 397 g/mol. The molecule has 0 saturated heterocycles. The summed E-state index contributed by atoms with van der Waals surface area (Å²) in [5.41, 5.74) is 1.65. The second-order valence-electron chi connectivity index (χ2n) is 7.82. The third-order valence-corrected chi connectivity index (χ3v) is 5.60. The normalized spacial score (nSPS) is 19.9. The van der Waals surface area contributed by atoms with Gasteiger partial charge in [0.2, 0.25) is 11.8 Å². The second-order valence-corrected chi connectivity index (χ2v) is 7.82. The van der Waals surface area contributed by atoms with Gasteiger partial charge in [-0.15, -0.1) is 0 Å². The Morgan fingerprint density at radius 3 is 2.45 bits per heavy atom. The van der Waals surface area contributed by atoms with Gasteiger partial charge in [0.15, 0.2) is 0 Å². The van der Waals surface area contributed by atoms with Crippen LogP contribution >= 0.6 is 0 Å². The van der Waals surface area contributed by atoms with E-state index in [-0.39, 0.29) is 30.1 Å². The molecule has 0 aliphatic heterocycles. The molecule has 1 heterocycles. The number of hydrogen-bond acceptors (Lipinski definition) is 3. The van der Waals surface area contributed by atoms with Crippen molar-refractivity contribution in [3.05, 3.63) is 65.7 Å². The number of nitrogens with zero attached hydrogens (tertiary/aromatic N) is 1. The smallest absolute Gasteiger partial charge is 0.224 e. The Balaban J connectivity index is 1.63. The molecule has 0 bridgehead atoms. The maximum atomic E-state index is 13.1. The highest BCUT2D eigenvalue weighted by Gasteiger charge is 2.30. The molecule has 2 N–H and O–H groups in total. The van der Waals surface area contributed by atoms with Crippen LogP contribution in [0, 0.1) is 17.7 Å². The van der Waals surface area contributed by atoms with Crippen molar-refractivity contribution < 1.29 is 14.0 Å². The van der Waals surface area contributed by atoms with Gasteiger partial charge in [-0.2, -0.15) is 0 Å². The zero-order valence-electron chi connectivity index (χ0n) is 16.7. The highest BCUT2D eigenvalue weighted by atomic mass is 19.1. The molecule has 2 amide bonds. The van der Waals surface area contributed by atoms with E-state index in [2.05, 4.69) is 15.6 Å². The first kappa shape index (κ1) is 21.0. The lowest BCUT2D eigenvalue weighted by Crippen LogP contribution is -2.37. The van der Waals surface area contributed by atoms with Crippen LogP contribution in [0.3, 0.4) is 0 Å². The van der Waals surface area contributed by atoms with Crippen molar-refractivity contribution in [3.8, 4) is 0 Å². The van der Waals surface area contributed by atoms with Crippen LogP contribution in [0.25, 0.3) is 0 Å². The molecular weight excluding hydrogens is 369 g/mol. The van der Waals surface area contributed by atoms with E-state index in [1.807, 2.05) is 18.2 Å². The fraction of sp³-hybridized carbons (Fsp3) is 0.435. The summed E-state index contributed by atoms with van der Waals surface area (Å²) in [6.45, 7) is 2.26. The predicted molar refractivity (Wildman–Crippen MR) is 109 cm³/mol. The Labute approximate surface area is 171 Å². The van der Waals surface area contributed by atoms with Crippen LogP contribution < -0.4 is 10.6 Å². The number of halogens is 1. The van der Waals surface area contributed by atoms with Crippen LogP contribution in [-0.4, -0.2) is 23.3 Å². The summed E-state index contributed by atoms with van der Waals surface area (Å²) in [6.07, 6.45) is 5.94. The van der Waals surface area contributed by atoms with Crippen LogP contribution in [0.1, 0.15) is 49.9 Å². The minimum atomic E-state index is -0.309. The molecule has 1 fully saturated rings. The Hall–Kier alpha value is -2.76. The van der Waals surface area contributed by atoms with Crippen molar-refractivity contribution in [1.82, 2.24) is 15.6 Å². The molecule has 6 heteroatoms. The van der Waals surface area contributed by atoms with Gasteiger partial charge in [0.1, 0.15) is 5.82 Å². The molecule has 154 valence electrons. The second kappa shape index (κ2) is 10.1. The maximum Gasteiger partial charge on any atom is 0.224 e. The third-order valence-electron chi connectivity index (χ3n) is 5.60. The summed E-state index contributed by atoms with van der Waals surface area (Å²) in [6, 6.07) is 11.6. The number of aromatic nitrogens is 1. The molecule has 29 heavy (non-hydrogen) atoms. The van der Waals surface area contributed by atoms with Gasteiger partial charge in [0.25, 0.3) is 0 Å². The molecule has 1 unspecified atom stereocenters. The Kier molecular flexibility index (Phi) is 7.33. The van der Waals surface area contributed by atoms with E-state index in [1.165, 1.54) is 12.1 Å². The molecule has 2 aromatic rings. The molecule has 1 aliphatic carbocycles. The van der Waals surface area contributed by atoms with Crippen molar-refractivity contribution in [3.63, 3.8) is 0 Å². The van der Waals surface area contributed by atoms with E-state index < -0.39 is 0 Å². The maximum absolute atomic E-state index is 13.1. The van der Waals surface area contributed by atoms with Crippen molar-refractivity contribution in [2.75, 3.05) is 6.54 Å². The first-order chi connectivity index (χ1) is 14.0. The molecule has 0 radical (unpaired) electrons. The van der Waals surface area contributed by atoms with E-state index in [0.717, 1.165) is 36.9 Å². The van der Waals surface area contributed by atoms with Crippen LogP contribution in [0.4, 0.5) is 4.39 Å². The molecule has 1 saturated carbocycles. The molecule has 1 atom stereocenters. The Morgan fingerprint density at radius 2 is 1.83 bits per heavy atom. The number of rotatable bonds is 7. The highest BCUT2D eigenvalue weighted by Crippen LogP contribution is 2.36. The third kappa shape index (κ3) is 6.38. The van der Waals surface area contributed by atoms with Gasteiger partial charge in [-0.1, -0.05) is 18.2 Å². The molecular formula is C23H28FN3O2. The number of carbonyl (C=O) groups is 2. The molecule has 3 rings (SSSR count). The number of carbonyl (C=O) groups excluding carboxylic acids is 2. The molecule has 5 nitrogen and oxygen atoms in total. The van der Waals surface area contributed by atoms with E-state index in [9.17, 15) is 14.0 Å². The van der Waals surface area contributed by atoms with Crippen LogP contribution in [0.2, 0.25) is 0 Å². The topological polar surface area (TPSA) is 71.1 Å². The van der Waals surface area contributed by atoms with Gasteiger partial charge in [-0.05, 0) is 67.3 Å². The van der Waals surface area contributed by atoms with Crippen molar-refractivity contribution in [1.29, 1.82) is 0 Å². The van der Waals surface area contributed by atoms with Crippen molar-refractivity contribution in [2.24, 2.45) is 11.8 Å². The van der Waals surface area contributed by atoms with Gasteiger partial charge in [-0.3, -0.25) is 14.6 Å². The van der Waals surface area contributed by atoms with E-state index in [1.54, 1.807) is 25.3 Å². The quantitative estimate of drug-likeness (QED) is 0.750. The molecule has 1 aliphatic rings. The van der Waals surface area contributed by atoms with Crippen LogP contribution in [0.5, 0.6) is 0 Å². The van der Waals surface area contributed by atoms with E-state index in [0.29, 0.717) is 18.4 Å². The van der Waals surface area contributed by atoms with Gasteiger partial charge >= 0.3 is 0 Å². The standard InChI is InChI=1S/C23H28FN3O2/c1-16(28)26-15-18-5-9-19(10-6-18)23(21-4-2-3-13-25-21)27-22(29)14-17-7-11-20(24)12-8-17/h2-4,7-8,11-13,18-19,23H,5-6,9-10,14-15H2,1H3,(H,26,28)(H,27,29). The predicted octanol–water partition coefficient (Wildman–Crippen LogP) is 3.56. The fourth-order valence-corrected chi connectivity index (χ4v) is 4.02. The SMILES string of the molecule is CC(=O)NCC1CCC(C(NC(=O)Cc2ccc(F)cc2)c2ccccn2)CC1. The summed E-state index contributed by atoms with van der Waals surface area (Å²) in [5.74, 6) is 0.390. The molecule has 1 aromatic carbocycles. The highest BCUT2D eigenvalue weighted by molar-refractivity contribution is 5.79. The number of amides is 2. The Morgan fingerprint density at radius 1 is 1.10 bits per heavy atom. The van der Waals surface area contributed by atoms with E-state index >= 15 is 0 Å². The number of benzene rings is 1. The summed E-state index contributed by atoms with van der Waals surface area (Å²) < 4.78 is 13.1. The average Bonchev–Trinajstić information content (AvgIpc) is 2.73. The minimum absolute atomic E-state index is 0.00606. The summed E-state index contributed by atoms with van der Waals surface area (Å²) in [7, 11) is 0. The van der Waals surface area contributed by atoms with Gasteiger partial charge in [0.05, 0.1) is 18.2 Å². The van der Waals surface area contributed by atoms with Gasteiger partial charge < -0.3 is 10.6 Å². The fourth-order valence-electron chi connectivity index (χ4n) is 4.02. The lowest BCUT2D eigenvalue weighted by Gasteiger charge is -2.34. The molecule has 1 aromatic heterocycles. The summed E-state index contributed by atoms with van der Waals surface area (Å²) in [4.78, 5) is 28.3. The van der Waals surface area contributed by atoms with Crippen LogP contribution in [0.15, 0.2) is 48.7 Å². The van der Waals surface area contributed by atoms with E-state index in [4.69, 9.17) is 0 Å². The largest absolute Gasteiger partial charge is 0.356 e. The monoisotopic (exact) mass is 397 g/mol. The van der Waals surface area contributed by atoms with Crippen molar-refractivity contribution in [2.45, 2.75) is 45.1 Å². The molecule has 0 spiro atoms. The summed E-state index contributed by atoms with van der Waals surface area (Å²) in [5, 5.41) is 6.07. The number of nitrogens with one attached hydrogen (secondary N) is 2. The zero-order valence-corrected chi connectivity index (χ0v) is 16.7. The zero-order chi connectivity index (χ0) is 20.6. The van der Waals surface area contributed by atoms with Crippen LogP contribution in [-0.2, 0) is 16.0 Å². The lowest BCUT2D eigenvalue weighted by atomic mass is 9.77. The number of pyridine rings is 1. The first-order valence-electron chi connectivity index (χ1n) is 10.2. The number of hydrogen-bond donors (Lipinski definition) is 2. The Bertz CT molecular complexity index is 803. The lowest BCUT2D eigenvalue weighted by molar-refractivity contribution is -0.122.